The van der Waals surface area contributed by atoms with Crippen LogP contribution in [0.1, 0.15) is 40.5 Å². The summed E-state index contributed by atoms with van der Waals surface area (Å²) in [7, 11) is 0. The number of halogens is 2. The van der Waals surface area contributed by atoms with Gasteiger partial charge in [0.2, 0.25) is 0 Å². The molecule has 2 aromatic rings. The van der Waals surface area contributed by atoms with Crippen LogP contribution in [0.15, 0.2) is 95.1 Å². The maximum absolute atomic E-state index is 3.19. The van der Waals surface area contributed by atoms with Crippen LogP contribution in [0.5, 0.6) is 0 Å². The minimum absolute atomic E-state index is 0. The van der Waals surface area contributed by atoms with E-state index >= 15 is 0 Å². The summed E-state index contributed by atoms with van der Waals surface area (Å²) in [5, 5.41) is 0. The third-order valence-electron chi connectivity index (χ3n) is 3.95. The summed E-state index contributed by atoms with van der Waals surface area (Å²) in [5.74, 6) is 0. The molecular weight excluding hydrogens is 503 g/mol. The Bertz CT molecular complexity index is 600. The number of hydrogen-bond acceptors (Lipinski definition) is 0. The van der Waals surface area contributed by atoms with Crippen molar-refractivity contribution in [1.82, 2.24) is 0 Å². The van der Waals surface area contributed by atoms with Gasteiger partial charge >= 0.3 is 30.2 Å². The Morgan fingerprint density at radius 2 is 0.900 bits per heavy atom. The summed E-state index contributed by atoms with van der Waals surface area (Å²) in [4.78, 5) is 0. The van der Waals surface area contributed by atoms with Crippen molar-refractivity contribution in [2.24, 2.45) is 0 Å². The van der Waals surface area contributed by atoms with Crippen LogP contribution in [0.3, 0.4) is 0 Å². The molecule has 162 valence electrons. The first-order valence-electron chi connectivity index (χ1n) is 9.28. The van der Waals surface area contributed by atoms with E-state index in [1.807, 2.05) is 67.5 Å². The van der Waals surface area contributed by atoms with E-state index < -0.39 is 0 Å². The van der Waals surface area contributed by atoms with Crippen LogP contribution in [0.2, 0.25) is 0 Å². The molecule has 0 fully saturated rings. The number of hydrogen-bond donors (Lipinski definition) is 0. The van der Waals surface area contributed by atoms with Crippen molar-refractivity contribution in [2.75, 3.05) is 0 Å². The van der Waals surface area contributed by atoms with Crippen LogP contribution in [0, 0.1) is 24.3 Å². The molecule has 0 atom stereocenters. The molecule has 0 spiro atoms. The quantitative estimate of drug-likeness (QED) is 0.251. The van der Waals surface area contributed by atoms with Crippen molar-refractivity contribution in [2.45, 2.75) is 40.5 Å². The van der Waals surface area contributed by atoms with Crippen LogP contribution >= 0.6 is 24.8 Å². The second kappa shape index (κ2) is 24.4. The Morgan fingerprint density at radius 1 is 0.600 bits per heavy atom. The largest absolute Gasteiger partial charge is 0.184 e. The average molecular weight is 535 g/mol. The molecule has 0 bridgehead atoms. The van der Waals surface area contributed by atoms with Gasteiger partial charge in [0, 0.05) is 0 Å². The first-order chi connectivity index (χ1) is 13.6. The van der Waals surface area contributed by atoms with Gasteiger partial charge in [-0.05, 0) is 0 Å². The van der Waals surface area contributed by atoms with Gasteiger partial charge in [0.15, 0.2) is 0 Å². The Morgan fingerprint density at radius 3 is 0.967 bits per heavy atom. The molecule has 30 heavy (non-hydrogen) atoms. The second-order valence-corrected chi connectivity index (χ2v) is 5.94. The average Bonchev–Trinajstić information content (AvgIpc) is 3.34. The normalized spacial score (nSPS) is 12.2. The smallest absolute Gasteiger partial charge is 0.171 e. The zero-order valence-electron chi connectivity index (χ0n) is 18.4. The Kier molecular flexibility index (Phi) is 27.4. The van der Waals surface area contributed by atoms with E-state index in [1.54, 1.807) is 23.3 Å². The molecule has 2 aliphatic carbocycles. The predicted molar refractivity (Wildman–Crippen MR) is 135 cm³/mol. The van der Waals surface area contributed by atoms with Crippen molar-refractivity contribution in [3.05, 3.63) is 119 Å². The van der Waals surface area contributed by atoms with Crippen molar-refractivity contribution in [3.63, 3.8) is 0 Å². The van der Waals surface area contributed by atoms with Gasteiger partial charge < -0.3 is 0 Å². The zero-order valence-corrected chi connectivity index (χ0v) is 23.9. The molecule has 0 nitrogen and oxygen atoms in total. The second-order valence-electron chi connectivity index (χ2n) is 5.94. The molecule has 4 rings (SSSR count). The summed E-state index contributed by atoms with van der Waals surface area (Å²) in [6.07, 6.45) is 12.8. The summed E-state index contributed by atoms with van der Waals surface area (Å²) < 4.78 is 0. The Labute approximate surface area is 213 Å². The van der Waals surface area contributed by atoms with Crippen LogP contribution in [0.4, 0.5) is 0 Å². The van der Waals surface area contributed by atoms with Gasteiger partial charge in [0.05, 0.1) is 0 Å². The van der Waals surface area contributed by atoms with E-state index in [4.69, 9.17) is 0 Å². The first kappa shape index (κ1) is 33.7. The fourth-order valence-electron chi connectivity index (χ4n) is 1.98. The van der Waals surface area contributed by atoms with Gasteiger partial charge in [0.1, 0.15) is 0 Å². The molecule has 2 aromatic carbocycles. The van der Waals surface area contributed by atoms with Crippen molar-refractivity contribution in [1.29, 1.82) is 0 Å². The van der Waals surface area contributed by atoms with Crippen LogP contribution < -0.4 is 0 Å². The molecule has 0 amide bonds. The molecule has 0 saturated carbocycles. The zero-order chi connectivity index (χ0) is 21.0. The van der Waals surface area contributed by atoms with Crippen LogP contribution in [0.25, 0.3) is 0 Å². The number of benzene rings is 2. The summed E-state index contributed by atoms with van der Waals surface area (Å²) in [6, 6.07) is 25.0. The van der Waals surface area contributed by atoms with E-state index in [0.29, 0.717) is 0 Å². The topological polar surface area (TPSA) is 0 Å². The molecular formula is C26H32Cl2SiZr-4. The van der Waals surface area contributed by atoms with Gasteiger partial charge in [-0.15, -0.1) is 51.5 Å². The van der Waals surface area contributed by atoms with Crippen LogP contribution in [-0.4, -0.2) is 6.88 Å². The molecule has 0 radical (unpaired) electrons. The standard InChI is InChI=1S/2C7H9.2C6H5.2ClH.H2Si.Zr/c2*1-6-4-3-5-7(6)2;2*1-2-4-6-5-3-1;;;;/h2*4H,3H2,1-2H3;2*1-5H;2*1H;1H2;/q4*-1;;;;. The van der Waals surface area contributed by atoms with E-state index in [-0.39, 0.29) is 24.8 Å². The summed E-state index contributed by atoms with van der Waals surface area (Å²) in [5.41, 5.74) is 5.42. The third-order valence-corrected chi connectivity index (χ3v) is 3.95. The van der Waals surface area contributed by atoms with Gasteiger partial charge in [-0.3, -0.25) is 12.2 Å². The summed E-state index contributed by atoms with van der Waals surface area (Å²) in [6.45, 7) is 10.4. The minimum Gasteiger partial charge on any atom is -0.184 e. The third kappa shape index (κ3) is 19.1. The first-order valence-corrected chi connectivity index (χ1v) is 15.2. The van der Waals surface area contributed by atoms with Crippen molar-refractivity contribution >= 4 is 31.7 Å². The van der Waals surface area contributed by atoms with Gasteiger partial charge in [0.25, 0.3) is 0 Å². The monoisotopic (exact) mass is 532 g/mol. The maximum Gasteiger partial charge on any atom is -0.171 e. The summed E-state index contributed by atoms with van der Waals surface area (Å²) >= 11 is 1.58. The molecule has 2 aliphatic rings. The molecule has 0 unspecified atom stereocenters. The van der Waals surface area contributed by atoms with Crippen molar-refractivity contribution in [3.8, 4) is 0 Å². The maximum atomic E-state index is 3.19. The van der Waals surface area contributed by atoms with E-state index in [9.17, 15) is 0 Å². The number of allylic oxidation sites excluding steroid dienone is 8. The SMILES string of the molecule is CC1=[C-]CC=C1C.CC1=[C-]CC=C1C.Cl.Cl.[SiH2]=[Zr].[c-]1ccccc1.[c-]1ccccc1. The molecule has 0 saturated heterocycles. The van der Waals surface area contributed by atoms with Gasteiger partial charge in [-0.25, -0.2) is 22.3 Å². The number of rotatable bonds is 0. The van der Waals surface area contributed by atoms with E-state index in [0.717, 1.165) is 12.8 Å². The van der Waals surface area contributed by atoms with E-state index in [1.165, 1.54) is 22.3 Å². The van der Waals surface area contributed by atoms with E-state index in [2.05, 4.69) is 64.1 Å². The van der Waals surface area contributed by atoms with Crippen molar-refractivity contribution < 1.29 is 23.3 Å². The Balaban J connectivity index is -0.000000309. The fourth-order valence-corrected chi connectivity index (χ4v) is 1.98. The molecule has 0 N–H and O–H groups in total. The molecule has 0 aliphatic heterocycles. The minimum atomic E-state index is 0. The fraction of sp³-hybridized carbons (Fsp3) is 0.231. The Hall–Kier alpha value is -0.920. The van der Waals surface area contributed by atoms with Gasteiger partial charge in [-0.1, -0.05) is 13.8 Å². The molecule has 0 aromatic heterocycles. The predicted octanol–water partition coefficient (Wildman–Crippen LogP) is 7.07. The van der Waals surface area contributed by atoms with Gasteiger partial charge in [-0.2, -0.15) is 84.9 Å². The molecule has 0 heterocycles. The molecule has 4 heteroatoms. The van der Waals surface area contributed by atoms with Crippen LogP contribution in [-0.2, 0) is 23.3 Å².